The maximum atomic E-state index is 6.25. The summed E-state index contributed by atoms with van der Waals surface area (Å²) in [7, 11) is 0. The number of ether oxygens (including phenoxy) is 1. The molecule has 1 N–H and O–H groups in total. The first-order valence-electron chi connectivity index (χ1n) is 7.76. The summed E-state index contributed by atoms with van der Waals surface area (Å²) in [5, 5.41) is 5.83. The molecule has 0 aromatic heterocycles. The third-order valence-electron chi connectivity index (χ3n) is 3.44. The maximum absolute atomic E-state index is 6.25. The van der Waals surface area contributed by atoms with Crippen LogP contribution in [0.2, 0.25) is 20.1 Å². The Morgan fingerprint density at radius 2 is 1.67 bits per heavy atom. The largest absolute Gasteiger partial charge is 0.492 e. The van der Waals surface area contributed by atoms with E-state index in [1.165, 1.54) is 0 Å². The van der Waals surface area contributed by atoms with Crippen LogP contribution in [0.4, 0.5) is 0 Å². The molecular weight excluding hydrogens is 388 g/mol. The molecule has 2 nitrogen and oxygen atoms in total. The minimum Gasteiger partial charge on any atom is -0.492 e. The fourth-order valence-electron chi connectivity index (χ4n) is 2.28. The zero-order valence-electron chi connectivity index (χ0n) is 13.3. The van der Waals surface area contributed by atoms with E-state index in [9.17, 15) is 0 Å². The molecule has 0 aliphatic heterocycles. The molecule has 0 aliphatic rings. The molecule has 2 aromatic rings. The summed E-state index contributed by atoms with van der Waals surface area (Å²) in [6, 6.07) is 9.12. The zero-order chi connectivity index (χ0) is 17.5. The van der Waals surface area contributed by atoms with Crippen LogP contribution >= 0.6 is 46.4 Å². The van der Waals surface area contributed by atoms with Crippen LogP contribution in [-0.4, -0.2) is 13.2 Å². The predicted octanol–water partition coefficient (Wildman–Crippen LogP) is 6.42. The van der Waals surface area contributed by atoms with Gasteiger partial charge < -0.3 is 10.1 Å². The van der Waals surface area contributed by atoms with E-state index in [2.05, 4.69) is 12.2 Å². The average Bonchev–Trinajstić information content (AvgIpc) is 2.52. The Morgan fingerprint density at radius 3 is 2.38 bits per heavy atom. The normalized spacial score (nSPS) is 10.9. The summed E-state index contributed by atoms with van der Waals surface area (Å²) < 4.78 is 5.75. The molecule has 0 unspecified atom stereocenters. The van der Waals surface area contributed by atoms with Crippen LogP contribution in [0.15, 0.2) is 30.3 Å². The predicted molar refractivity (Wildman–Crippen MR) is 104 cm³/mol. The molecule has 130 valence electrons. The Bertz CT molecular complexity index is 691. The van der Waals surface area contributed by atoms with Gasteiger partial charge in [-0.25, -0.2) is 0 Å². The molecule has 0 amide bonds. The van der Waals surface area contributed by atoms with E-state index >= 15 is 0 Å². The third-order valence-corrected chi connectivity index (χ3v) is 4.52. The van der Waals surface area contributed by atoms with Gasteiger partial charge in [-0.05, 0) is 49.2 Å². The first-order valence-corrected chi connectivity index (χ1v) is 9.27. The average molecular weight is 407 g/mol. The third kappa shape index (κ3) is 5.72. The molecule has 0 atom stereocenters. The number of rotatable bonds is 8. The van der Waals surface area contributed by atoms with Crippen LogP contribution in [0.3, 0.4) is 0 Å². The van der Waals surface area contributed by atoms with Crippen molar-refractivity contribution in [1.29, 1.82) is 0 Å². The number of nitrogens with one attached hydrogen (secondary N) is 1. The minimum atomic E-state index is 0.536. The van der Waals surface area contributed by atoms with Gasteiger partial charge in [0.05, 0.1) is 11.6 Å². The minimum absolute atomic E-state index is 0.536. The lowest BCUT2D eigenvalue weighted by Gasteiger charge is -2.14. The van der Waals surface area contributed by atoms with Crippen LogP contribution < -0.4 is 10.1 Å². The van der Waals surface area contributed by atoms with Crippen molar-refractivity contribution in [2.45, 2.75) is 26.3 Å². The van der Waals surface area contributed by atoms with Crippen molar-refractivity contribution in [3.63, 3.8) is 0 Å². The first kappa shape index (κ1) is 19.7. The molecule has 2 aromatic carbocycles. The lowest BCUT2D eigenvalue weighted by Crippen LogP contribution is -2.17. The topological polar surface area (TPSA) is 21.3 Å². The number of hydrogen-bond acceptors (Lipinski definition) is 2. The van der Waals surface area contributed by atoms with Gasteiger partial charge in [-0.2, -0.15) is 0 Å². The van der Waals surface area contributed by atoms with Gasteiger partial charge in [-0.3, -0.25) is 0 Å². The van der Waals surface area contributed by atoms with Gasteiger partial charge >= 0.3 is 0 Å². The number of benzene rings is 2. The van der Waals surface area contributed by atoms with Gasteiger partial charge in [0.25, 0.3) is 0 Å². The number of hydrogen-bond donors (Lipinski definition) is 1. The Hall–Kier alpha value is -0.640. The highest BCUT2D eigenvalue weighted by molar-refractivity contribution is 6.36. The Kier molecular flexibility index (Phi) is 7.99. The van der Waals surface area contributed by atoms with Crippen LogP contribution in [0.1, 0.15) is 24.5 Å². The molecule has 0 aliphatic carbocycles. The Labute approximate surface area is 163 Å². The molecule has 24 heavy (non-hydrogen) atoms. The van der Waals surface area contributed by atoms with Gasteiger partial charge in [0.1, 0.15) is 5.75 Å². The van der Waals surface area contributed by atoms with Gasteiger partial charge in [0.2, 0.25) is 0 Å². The van der Waals surface area contributed by atoms with Gasteiger partial charge in [-0.1, -0.05) is 59.4 Å². The highest BCUT2D eigenvalue weighted by Crippen LogP contribution is 2.32. The van der Waals surface area contributed by atoms with Crippen molar-refractivity contribution in [3.8, 4) is 5.75 Å². The maximum Gasteiger partial charge on any atom is 0.142 e. The summed E-state index contributed by atoms with van der Waals surface area (Å²) >= 11 is 24.4. The van der Waals surface area contributed by atoms with Crippen LogP contribution in [0.5, 0.6) is 5.75 Å². The second-order valence-electron chi connectivity index (χ2n) is 5.39. The molecule has 0 spiro atoms. The van der Waals surface area contributed by atoms with Gasteiger partial charge in [0, 0.05) is 27.2 Å². The van der Waals surface area contributed by atoms with E-state index in [0.717, 1.165) is 30.5 Å². The monoisotopic (exact) mass is 405 g/mol. The zero-order valence-corrected chi connectivity index (χ0v) is 16.4. The molecule has 0 fully saturated rings. The van der Waals surface area contributed by atoms with Gasteiger partial charge in [0.15, 0.2) is 0 Å². The van der Waals surface area contributed by atoms with E-state index in [-0.39, 0.29) is 0 Å². The van der Waals surface area contributed by atoms with E-state index in [4.69, 9.17) is 51.1 Å². The molecule has 6 heteroatoms. The highest BCUT2D eigenvalue weighted by Gasteiger charge is 2.10. The lowest BCUT2D eigenvalue weighted by molar-refractivity contribution is 0.313. The van der Waals surface area contributed by atoms with Crippen molar-refractivity contribution in [3.05, 3.63) is 61.5 Å². The summed E-state index contributed by atoms with van der Waals surface area (Å²) in [5.41, 5.74) is 2.00. The molecule has 0 bridgehead atoms. The quantitative estimate of drug-likeness (QED) is 0.510. The van der Waals surface area contributed by atoms with Crippen molar-refractivity contribution in [2.24, 2.45) is 0 Å². The Morgan fingerprint density at radius 1 is 0.917 bits per heavy atom. The van der Waals surface area contributed by atoms with Crippen LogP contribution in [0, 0.1) is 0 Å². The van der Waals surface area contributed by atoms with Crippen LogP contribution in [-0.2, 0) is 13.0 Å². The summed E-state index contributed by atoms with van der Waals surface area (Å²) in [4.78, 5) is 0. The lowest BCUT2D eigenvalue weighted by atomic mass is 10.1. The van der Waals surface area contributed by atoms with E-state index in [1.807, 2.05) is 18.2 Å². The number of halogens is 4. The van der Waals surface area contributed by atoms with Crippen molar-refractivity contribution < 1.29 is 4.74 Å². The Balaban J connectivity index is 1.96. The van der Waals surface area contributed by atoms with Crippen LogP contribution in [0.25, 0.3) is 0 Å². The van der Waals surface area contributed by atoms with E-state index < -0.39 is 0 Å². The fraction of sp³-hybridized carbons (Fsp3) is 0.333. The molecule has 2 rings (SSSR count). The fourth-order valence-corrected chi connectivity index (χ4v) is 3.37. The molecule has 0 saturated heterocycles. The summed E-state index contributed by atoms with van der Waals surface area (Å²) in [6.45, 7) is 4.05. The van der Waals surface area contributed by atoms with Crippen molar-refractivity contribution in [1.82, 2.24) is 5.32 Å². The standard InChI is InChI=1S/C18H19Cl4NO/c1-2-7-24-18-13(8-15(20)10-17(18)22)11-23-6-5-12-3-4-14(19)9-16(12)21/h3-4,8-10,23H,2,5-7,11H2,1H3. The van der Waals surface area contributed by atoms with Crippen molar-refractivity contribution >= 4 is 46.4 Å². The van der Waals surface area contributed by atoms with Gasteiger partial charge in [-0.15, -0.1) is 0 Å². The summed E-state index contributed by atoms with van der Waals surface area (Å²) in [5.74, 6) is 0.694. The first-order chi connectivity index (χ1) is 11.5. The second-order valence-corrected chi connectivity index (χ2v) is 7.07. The molecule has 0 saturated carbocycles. The van der Waals surface area contributed by atoms with Crippen molar-refractivity contribution in [2.75, 3.05) is 13.2 Å². The highest BCUT2D eigenvalue weighted by atomic mass is 35.5. The molecular formula is C18H19Cl4NO. The smallest absolute Gasteiger partial charge is 0.142 e. The second kappa shape index (κ2) is 9.74. The van der Waals surface area contributed by atoms with E-state index in [0.29, 0.717) is 39.0 Å². The SMILES string of the molecule is CCCOc1c(Cl)cc(Cl)cc1CNCCc1ccc(Cl)cc1Cl. The molecule has 0 heterocycles. The summed E-state index contributed by atoms with van der Waals surface area (Å²) in [6.07, 6.45) is 1.72. The molecule has 0 radical (unpaired) electrons. The van der Waals surface area contributed by atoms with E-state index in [1.54, 1.807) is 12.1 Å².